The van der Waals surface area contributed by atoms with Crippen molar-refractivity contribution in [3.05, 3.63) is 11.3 Å². The first-order chi connectivity index (χ1) is 10.6. The Morgan fingerprint density at radius 2 is 2.14 bits per heavy atom. The first-order valence-electron chi connectivity index (χ1n) is 7.60. The van der Waals surface area contributed by atoms with E-state index in [1.54, 1.807) is 6.20 Å². The van der Waals surface area contributed by atoms with Gasteiger partial charge in [-0.15, -0.1) is 0 Å². The van der Waals surface area contributed by atoms with E-state index < -0.39 is 0 Å². The van der Waals surface area contributed by atoms with Gasteiger partial charge in [-0.1, -0.05) is 11.6 Å². The summed E-state index contributed by atoms with van der Waals surface area (Å²) in [6.07, 6.45) is 1.73. The van der Waals surface area contributed by atoms with E-state index in [4.69, 9.17) is 16.3 Å². The van der Waals surface area contributed by atoms with Crippen molar-refractivity contribution in [3.8, 4) is 0 Å². The molecule has 0 aliphatic carbocycles. The third-order valence-corrected chi connectivity index (χ3v) is 3.99. The summed E-state index contributed by atoms with van der Waals surface area (Å²) < 4.78 is 7.17. The molecule has 120 valence electrons. The van der Waals surface area contributed by atoms with Crippen molar-refractivity contribution >= 4 is 28.6 Å². The molecule has 8 heteroatoms. The molecule has 0 spiro atoms. The molecule has 0 amide bonds. The fraction of sp³-hybridized carbons (Fsp3) is 0.643. The molecule has 1 saturated heterocycles. The van der Waals surface area contributed by atoms with Gasteiger partial charge in [0.2, 0.25) is 5.95 Å². The topological polar surface area (TPSA) is 68.1 Å². The Labute approximate surface area is 134 Å². The van der Waals surface area contributed by atoms with Gasteiger partial charge in [0, 0.05) is 38.4 Å². The molecule has 1 N–H and O–H groups in total. The monoisotopic (exact) mass is 324 g/mol. The smallest absolute Gasteiger partial charge is 0.224 e. The lowest BCUT2D eigenvalue weighted by Crippen LogP contribution is -2.39. The van der Waals surface area contributed by atoms with Crippen LogP contribution in [0.1, 0.15) is 19.9 Å². The summed E-state index contributed by atoms with van der Waals surface area (Å²) in [7, 11) is 0. The highest BCUT2D eigenvalue weighted by atomic mass is 35.5. The molecule has 3 rings (SSSR count). The number of ether oxygens (including phenoxy) is 1. The molecule has 0 bridgehead atoms. The van der Waals surface area contributed by atoms with Crippen molar-refractivity contribution in [2.24, 2.45) is 0 Å². The number of rotatable bonds is 5. The van der Waals surface area contributed by atoms with Crippen molar-refractivity contribution in [3.63, 3.8) is 0 Å². The van der Waals surface area contributed by atoms with Gasteiger partial charge < -0.3 is 10.1 Å². The van der Waals surface area contributed by atoms with Gasteiger partial charge in [-0.05, 0) is 13.8 Å². The Morgan fingerprint density at radius 1 is 1.36 bits per heavy atom. The summed E-state index contributed by atoms with van der Waals surface area (Å²) in [5.41, 5.74) is 0.767. The predicted molar refractivity (Wildman–Crippen MR) is 86.5 cm³/mol. The van der Waals surface area contributed by atoms with Gasteiger partial charge in [0.15, 0.2) is 10.8 Å². The van der Waals surface area contributed by atoms with Gasteiger partial charge in [-0.3, -0.25) is 4.90 Å². The van der Waals surface area contributed by atoms with Crippen LogP contribution in [0.15, 0.2) is 6.20 Å². The van der Waals surface area contributed by atoms with Gasteiger partial charge >= 0.3 is 0 Å². The molecule has 0 aromatic carbocycles. The SMILES string of the molecule is CC(C)n1nc(Cl)c2cnc(NCCN3CCOCC3)nc21. The molecule has 2 aromatic rings. The van der Waals surface area contributed by atoms with Crippen LogP contribution in [-0.4, -0.2) is 64.0 Å². The van der Waals surface area contributed by atoms with Gasteiger partial charge in [0.05, 0.1) is 18.6 Å². The molecule has 22 heavy (non-hydrogen) atoms. The van der Waals surface area contributed by atoms with Crippen LogP contribution in [0.5, 0.6) is 0 Å². The van der Waals surface area contributed by atoms with E-state index in [0.29, 0.717) is 11.1 Å². The van der Waals surface area contributed by atoms with Gasteiger partial charge in [-0.2, -0.15) is 10.1 Å². The molecular weight excluding hydrogens is 304 g/mol. The van der Waals surface area contributed by atoms with E-state index in [0.717, 1.165) is 50.4 Å². The van der Waals surface area contributed by atoms with E-state index in [1.807, 2.05) is 4.68 Å². The quantitative estimate of drug-likeness (QED) is 0.904. The van der Waals surface area contributed by atoms with Crippen molar-refractivity contribution in [1.29, 1.82) is 0 Å². The second-order valence-electron chi connectivity index (χ2n) is 5.64. The molecule has 3 heterocycles. The third kappa shape index (κ3) is 3.31. The number of nitrogens with one attached hydrogen (secondary N) is 1. The lowest BCUT2D eigenvalue weighted by atomic mass is 10.4. The molecule has 1 fully saturated rings. The summed E-state index contributed by atoms with van der Waals surface area (Å²) in [6.45, 7) is 9.45. The molecule has 7 nitrogen and oxygen atoms in total. The van der Waals surface area contributed by atoms with Crippen LogP contribution in [0.2, 0.25) is 5.15 Å². The first kappa shape index (κ1) is 15.5. The van der Waals surface area contributed by atoms with Gasteiger partial charge in [0.25, 0.3) is 0 Å². The van der Waals surface area contributed by atoms with E-state index >= 15 is 0 Å². The molecule has 0 radical (unpaired) electrons. The zero-order chi connectivity index (χ0) is 15.5. The Hall–Kier alpha value is -1.44. The number of nitrogens with zero attached hydrogens (tertiary/aromatic N) is 5. The minimum absolute atomic E-state index is 0.200. The Morgan fingerprint density at radius 3 is 2.86 bits per heavy atom. The van der Waals surface area contributed by atoms with Crippen molar-refractivity contribution in [1.82, 2.24) is 24.6 Å². The minimum atomic E-state index is 0.200. The molecule has 1 aliphatic heterocycles. The van der Waals surface area contributed by atoms with E-state index in [9.17, 15) is 0 Å². The number of fused-ring (bicyclic) bond motifs is 1. The summed E-state index contributed by atoms with van der Waals surface area (Å²) in [4.78, 5) is 11.2. The summed E-state index contributed by atoms with van der Waals surface area (Å²) in [5, 5.41) is 8.82. The lowest BCUT2D eigenvalue weighted by molar-refractivity contribution is 0.0398. The number of aromatic nitrogens is 4. The zero-order valence-electron chi connectivity index (χ0n) is 12.9. The number of anilines is 1. The van der Waals surface area contributed by atoms with Crippen LogP contribution in [0, 0.1) is 0 Å². The van der Waals surface area contributed by atoms with Crippen molar-refractivity contribution < 1.29 is 4.74 Å². The maximum atomic E-state index is 6.13. The summed E-state index contributed by atoms with van der Waals surface area (Å²) in [5.74, 6) is 0.610. The molecule has 0 saturated carbocycles. The normalized spacial score (nSPS) is 16.5. The van der Waals surface area contributed by atoms with Crippen LogP contribution in [-0.2, 0) is 4.74 Å². The second kappa shape index (κ2) is 6.76. The van der Waals surface area contributed by atoms with Crippen molar-refractivity contribution in [2.45, 2.75) is 19.9 Å². The average Bonchev–Trinajstić information content (AvgIpc) is 2.85. The van der Waals surface area contributed by atoms with Crippen LogP contribution in [0.4, 0.5) is 5.95 Å². The first-order valence-corrected chi connectivity index (χ1v) is 7.97. The largest absolute Gasteiger partial charge is 0.379 e. The molecule has 1 aliphatic rings. The number of hydrogen-bond donors (Lipinski definition) is 1. The Balaban J connectivity index is 1.67. The van der Waals surface area contributed by atoms with Crippen LogP contribution in [0.3, 0.4) is 0 Å². The maximum absolute atomic E-state index is 6.13. The number of hydrogen-bond acceptors (Lipinski definition) is 6. The third-order valence-electron chi connectivity index (χ3n) is 3.71. The molecular formula is C14H21ClN6O. The van der Waals surface area contributed by atoms with Crippen LogP contribution < -0.4 is 5.32 Å². The standard InChI is InChI=1S/C14H21ClN6O/c1-10(2)21-13-11(12(15)19-21)9-17-14(18-13)16-3-4-20-5-7-22-8-6-20/h9-10H,3-8H2,1-2H3,(H,16,17,18). The highest BCUT2D eigenvalue weighted by molar-refractivity contribution is 6.34. The van der Waals surface area contributed by atoms with Crippen LogP contribution >= 0.6 is 11.6 Å². The Bertz CT molecular complexity index is 638. The maximum Gasteiger partial charge on any atom is 0.224 e. The highest BCUT2D eigenvalue weighted by Crippen LogP contribution is 2.23. The Kier molecular flexibility index (Phi) is 4.75. The fourth-order valence-corrected chi connectivity index (χ4v) is 2.70. The zero-order valence-corrected chi connectivity index (χ0v) is 13.7. The number of halogens is 1. The average molecular weight is 325 g/mol. The molecule has 0 atom stereocenters. The fourth-order valence-electron chi connectivity index (χ4n) is 2.48. The summed E-state index contributed by atoms with van der Waals surface area (Å²) >= 11 is 6.13. The van der Waals surface area contributed by atoms with Gasteiger partial charge in [-0.25, -0.2) is 9.67 Å². The molecule has 0 unspecified atom stereocenters. The second-order valence-corrected chi connectivity index (χ2v) is 6.00. The van der Waals surface area contributed by atoms with E-state index in [2.05, 4.69) is 39.1 Å². The van der Waals surface area contributed by atoms with E-state index in [-0.39, 0.29) is 6.04 Å². The minimum Gasteiger partial charge on any atom is -0.379 e. The number of morpholine rings is 1. The summed E-state index contributed by atoms with van der Waals surface area (Å²) in [6, 6.07) is 0.200. The predicted octanol–water partition coefficient (Wildman–Crippen LogP) is 1.80. The van der Waals surface area contributed by atoms with Crippen LogP contribution in [0.25, 0.3) is 11.0 Å². The van der Waals surface area contributed by atoms with E-state index in [1.165, 1.54) is 0 Å². The highest BCUT2D eigenvalue weighted by Gasteiger charge is 2.14. The van der Waals surface area contributed by atoms with Gasteiger partial charge in [0.1, 0.15) is 0 Å². The molecule has 2 aromatic heterocycles. The lowest BCUT2D eigenvalue weighted by Gasteiger charge is -2.26. The van der Waals surface area contributed by atoms with Crippen molar-refractivity contribution in [2.75, 3.05) is 44.7 Å².